The number of methoxy groups -OCH3 is 1. The number of nitrogens with one attached hydrogen (secondary N) is 1. The summed E-state index contributed by atoms with van der Waals surface area (Å²) in [6.45, 7) is 0. The largest absolute Gasteiger partial charge is 0.466 e. The Morgan fingerprint density at radius 1 is 1.79 bits per heavy atom. The van der Waals surface area contributed by atoms with Crippen molar-refractivity contribution in [1.82, 2.24) is 10.2 Å². The summed E-state index contributed by atoms with van der Waals surface area (Å²) in [5.41, 5.74) is 0.294. The lowest BCUT2D eigenvalue weighted by Gasteiger charge is -1.86. The van der Waals surface area contributed by atoms with Crippen molar-refractivity contribution in [3.05, 3.63) is 28.0 Å². The highest BCUT2D eigenvalue weighted by atomic mass is 16.6. The fourth-order valence-electron chi connectivity index (χ4n) is 0.727. The number of esters is 1. The summed E-state index contributed by atoms with van der Waals surface area (Å²) in [4.78, 5) is 20.3. The number of nitrogens with zero attached hydrogens (tertiary/aromatic N) is 2. The second-order valence-corrected chi connectivity index (χ2v) is 2.29. The summed E-state index contributed by atoms with van der Waals surface area (Å²) in [6.07, 6.45) is 2.44. The third-order valence-electron chi connectivity index (χ3n) is 1.37. The van der Waals surface area contributed by atoms with Crippen molar-refractivity contribution in [2.75, 3.05) is 7.11 Å². The third kappa shape index (κ3) is 2.41. The van der Waals surface area contributed by atoms with E-state index >= 15 is 0 Å². The molecule has 7 nitrogen and oxygen atoms in total. The van der Waals surface area contributed by atoms with Gasteiger partial charge >= 0.3 is 11.8 Å². The molecule has 1 heterocycles. The fourth-order valence-corrected chi connectivity index (χ4v) is 0.727. The van der Waals surface area contributed by atoms with Crippen LogP contribution in [0.1, 0.15) is 5.69 Å². The van der Waals surface area contributed by atoms with Gasteiger partial charge in [-0.15, -0.1) is 5.10 Å². The summed E-state index contributed by atoms with van der Waals surface area (Å²) >= 11 is 0. The molecule has 0 aliphatic carbocycles. The molecule has 1 aromatic heterocycles. The molecule has 1 N–H and O–H groups in total. The minimum absolute atomic E-state index is 0.227. The zero-order valence-corrected chi connectivity index (χ0v) is 7.26. The molecule has 0 atom stereocenters. The van der Waals surface area contributed by atoms with Crippen LogP contribution >= 0.6 is 0 Å². The number of hydrogen-bond acceptors (Lipinski definition) is 5. The summed E-state index contributed by atoms with van der Waals surface area (Å²) in [5.74, 6) is -0.773. The van der Waals surface area contributed by atoms with Crippen LogP contribution in [0.2, 0.25) is 0 Å². The minimum atomic E-state index is -0.609. The average molecular weight is 197 g/mol. The molecule has 0 aliphatic rings. The van der Waals surface area contributed by atoms with Crippen LogP contribution in [0.4, 0.5) is 5.82 Å². The smallest absolute Gasteiger partial charge is 0.343 e. The lowest BCUT2D eigenvalue weighted by atomic mass is 10.4. The van der Waals surface area contributed by atoms with Gasteiger partial charge in [0.15, 0.2) is 0 Å². The summed E-state index contributed by atoms with van der Waals surface area (Å²) in [6, 6.07) is 1.21. The van der Waals surface area contributed by atoms with E-state index < -0.39 is 10.9 Å². The van der Waals surface area contributed by atoms with Crippen LogP contribution in [0.15, 0.2) is 12.1 Å². The van der Waals surface area contributed by atoms with Crippen LogP contribution in [0, 0.1) is 10.1 Å². The highest BCUT2D eigenvalue weighted by molar-refractivity contribution is 5.86. The van der Waals surface area contributed by atoms with Crippen LogP contribution in [0.5, 0.6) is 0 Å². The van der Waals surface area contributed by atoms with Crippen LogP contribution in [-0.4, -0.2) is 28.2 Å². The maximum Gasteiger partial charge on any atom is 0.343 e. The van der Waals surface area contributed by atoms with E-state index in [2.05, 4.69) is 14.9 Å². The van der Waals surface area contributed by atoms with Gasteiger partial charge in [-0.1, -0.05) is 5.10 Å². The lowest BCUT2D eigenvalue weighted by molar-refractivity contribution is -0.389. The molecular formula is C7H7N3O4. The number of carbonyl (C=O) groups excluding carboxylic acids is 1. The van der Waals surface area contributed by atoms with Gasteiger partial charge in [-0.25, -0.2) is 4.79 Å². The number of nitro groups is 1. The lowest BCUT2D eigenvalue weighted by Crippen LogP contribution is -1.93. The molecule has 0 unspecified atom stereocenters. The normalized spacial score (nSPS) is 10.4. The zero-order chi connectivity index (χ0) is 10.6. The first-order valence-electron chi connectivity index (χ1n) is 3.59. The summed E-state index contributed by atoms with van der Waals surface area (Å²) in [5, 5.41) is 16.0. The SMILES string of the molecule is COC(=O)/C=C/c1cc([N+](=O)[O-])[nH]n1. The van der Waals surface area contributed by atoms with Crippen molar-refractivity contribution < 1.29 is 14.5 Å². The standard InChI is InChI=1S/C7H7N3O4/c1-14-7(11)3-2-5-4-6(9-8-5)10(12)13/h2-4H,1H3,(H,8,9)/b3-2+. The van der Waals surface area contributed by atoms with Crippen molar-refractivity contribution in [2.45, 2.75) is 0 Å². The van der Waals surface area contributed by atoms with Gasteiger partial charge in [0.25, 0.3) is 0 Å². The quantitative estimate of drug-likeness (QED) is 0.329. The first-order valence-corrected chi connectivity index (χ1v) is 3.59. The van der Waals surface area contributed by atoms with Crippen molar-refractivity contribution in [2.24, 2.45) is 0 Å². The fraction of sp³-hybridized carbons (Fsp3) is 0.143. The Bertz CT molecular complexity index is 382. The molecule has 14 heavy (non-hydrogen) atoms. The predicted octanol–water partition coefficient (Wildman–Crippen LogP) is 0.504. The Labute approximate surface area is 78.5 Å². The molecule has 0 spiro atoms. The number of ether oxygens (including phenoxy) is 1. The Morgan fingerprint density at radius 3 is 3.00 bits per heavy atom. The van der Waals surface area contributed by atoms with Crippen LogP contribution in [-0.2, 0) is 9.53 Å². The molecule has 1 rings (SSSR count). The average Bonchev–Trinajstić information content (AvgIpc) is 2.62. The highest BCUT2D eigenvalue weighted by Crippen LogP contribution is 2.08. The van der Waals surface area contributed by atoms with Gasteiger partial charge < -0.3 is 14.9 Å². The van der Waals surface area contributed by atoms with E-state index in [0.717, 1.165) is 6.08 Å². The number of carbonyl (C=O) groups is 1. The van der Waals surface area contributed by atoms with E-state index in [-0.39, 0.29) is 5.82 Å². The molecule has 0 radical (unpaired) electrons. The van der Waals surface area contributed by atoms with Crippen molar-refractivity contribution >= 4 is 17.9 Å². The van der Waals surface area contributed by atoms with Gasteiger partial charge in [0, 0.05) is 6.08 Å². The second kappa shape index (κ2) is 4.17. The van der Waals surface area contributed by atoms with E-state index in [1.807, 2.05) is 0 Å². The predicted molar refractivity (Wildman–Crippen MR) is 46.3 cm³/mol. The monoisotopic (exact) mass is 197 g/mol. The van der Waals surface area contributed by atoms with Crippen LogP contribution < -0.4 is 0 Å². The molecular weight excluding hydrogens is 190 g/mol. The first-order chi connectivity index (χ1) is 6.63. The molecule has 0 saturated carbocycles. The first kappa shape index (κ1) is 9.90. The number of H-pyrrole nitrogens is 1. The van der Waals surface area contributed by atoms with Gasteiger partial charge in [0.1, 0.15) is 5.69 Å². The Kier molecular flexibility index (Phi) is 2.95. The molecule has 0 aromatic carbocycles. The summed E-state index contributed by atoms with van der Waals surface area (Å²) in [7, 11) is 1.24. The molecule has 7 heteroatoms. The van der Waals surface area contributed by atoms with E-state index in [1.165, 1.54) is 19.3 Å². The zero-order valence-electron chi connectivity index (χ0n) is 7.26. The number of aromatic amines is 1. The number of hydrogen-bond donors (Lipinski definition) is 1. The maximum absolute atomic E-state index is 10.6. The van der Waals surface area contributed by atoms with Crippen LogP contribution in [0.3, 0.4) is 0 Å². The van der Waals surface area contributed by atoms with E-state index in [9.17, 15) is 14.9 Å². The van der Waals surface area contributed by atoms with E-state index in [4.69, 9.17) is 0 Å². The van der Waals surface area contributed by atoms with E-state index in [1.54, 1.807) is 0 Å². The minimum Gasteiger partial charge on any atom is -0.466 e. The van der Waals surface area contributed by atoms with Gasteiger partial charge in [0.05, 0.1) is 13.2 Å². The number of rotatable bonds is 3. The maximum atomic E-state index is 10.6. The molecule has 0 bridgehead atoms. The molecule has 1 aromatic rings. The highest BCUT2D eigenvalue weighted by Gasteiger charge is 2.07. The Hall–Kier alpha value is -2.18. The molecule has 0 aliphatic heterocycles. The van der Waals surface area contributed by atoms with Gasteiger partial charge in [-0.2, -0.15) is 0 Å². The van der Waals surface area contributed by atoms with Crippen molar-refractivity contribution in [3.63, 3.8) is 0 Å². The van der Waals surface area contributed by atoms with Gasteiger partial charge in [-0.05, 0) is 11.0 Å². The van der Waals surface area contributed by atoms with E-state index in [0.29, 0.717) is 5.69 Å². The molecule has 0 saturated heterocycles. The molecule has 0 fully saturated rings. The summed E-state index contributed by atoms with van der Waals surface area (Å²) < 4.78 is 4.33. The van der Waals surface area contributed by atoms with Crippen LogP contribution in [0.25, 0.3) is 6.08 Å². The van der Waals surface area contributed by atoms with Crippen molar-refractivity contribution in [1.29, 1.82) is 0 Å². The van der Waals surface area contributed by atoms with Crippen molar-refractivity contribution in [3.8, 4) is 0 Å². The second-order valence-electron chi connectivity index (χ2n) is 2.29. The molecule has 74 valence electrons. The Balaban J connectivity index is 2.73. The topological polar surface area (TPSA) is 98.1 Å². The third-order valence-corrected chi connectivity index (χ3v) is 1.37. The van der Waals surface area contributed by atoms with Gasteiger partial charge in [-0.3, -0.25) is 0 Å². The molecule has 0 amide bonds. The number of aromatic nitrogens is 2. The van der Waals surface area contributed by atoms with Gasteiger partial charge in [0.2, 0.25) is 0 Å². The Morgan fingerprint density at radius 2 is 2.50 bits per heavy atom.